The van der Waals surface area contributed by atoms with Crippen LogP contribution in [-0.4, -0.2) is 38.2 Å². The van der Waals surface area contributed by atoms with Crippen molar-refractivity contribution in [1.29, 1.82) is 0 Å². The van der Waals surface area contributed by atoms with E-state index in [-0.39, 0.29) is 6.61 Å². The number of aromatic nitrogens is 3. The first-order chi connectivity index (χ1) is 6.14. The quantitative estimate of drug-likeness (QED) is 0.585. The van der Waals surface area contributed by atoms with E-state index in [2.05, 4.69) is 15.2 Å². The largest absolute Gasteiger partial charge is 0.394 e. The average Bonchev–Trinajstić information content (AvgIpc) is 2.57. The van der Waals surface area contributed by atoms with Crippen LogP contribution in [0.4, 0.5) is 0 Å². The van der Waals surface area contributed by atoms with Crippen LogP contribution < -0.4 is 5.73 Å². The number of thioether (sulfide) groups is 1. The zero-order valence-corrected chi connectivity index (χ0v) is 8.34. The van der Waals surface area contributed by atoms with E-state index in [9.17, 15) is 0 Å². The summed E-state index contributed by atoms with van der Waals surface area (Å²) in [6.45, 7) is 1.83. The monoisotopic (exact) mass is 202 g/mol. The molecule has 1 atom stereocenters. The van der Waals surface area contributed by atoms with Gasteiger partial charge in [-0.15, -0.1) is 0 Å². The maximum atomic E-state index is 8.88. The third-order valence-corrected chi connectivity index (χ3v) is 2.54. The summed E-state index contributed by atoms with van der Waals surface area (Å²) < 4.78 is 0. The van der Waals surface area contributed by atoms with Gasteiger partial charge in [-0.3, -0.25) is 5.10 Å². The summed E-state index contributed by atoms with van der Waals surface area (Å²) in [6, 6.07) is 0. The Kier molecular flexibility index (Phi) is 3.71. The van der Waals surface area contributed by atoms with Crippen LogP contribution in [0.2, 0.25) is 0 Å². The number of rotatable bonds is 5. The number of hydrogen-bond donors (Lipinski definition) is 3. The lowest BCUT2D eigenvalue weighted by Gasteiger charge is -2.20. The van der Waals surface area contributed by atoms with Crippen molar-refractivity contribution in [2.45, 2.75) is 24.0 Å². The predicted molar refractivity (Wildman–Crippen MR) is 51.4 cm³/mol. The molecule has 4 N–H and O–H groups in total. The number of hydrogen-bond acceptors (Lipinski definition) is 5. The van der Waals surface area contributed by atoms with Gasteiger partial charge in [0.05, 0.1) is 6.61 Å². The summed E-state index contributed by atoms with van der Waals surface area (Å²) in [5.41, 5.74) is 5.25. The standard InChI is InChI=1S/C7H14N4OS/c1-7(8,4-12)2-3-13-6-9-5-10-11-6/h5,12H,2-4,8H2,1H3,(H,9,10,11). The van der Waals surface area contributed by atoms with E-state index in [4.69, 9.17) is 10.8 Å². The molecule has 6 heteroatoms. The maximum absolute atomic E-state index is 8.88. The molecule has 5 nitrogen and oxygen atoms in total. The van der Waals surface area contributed by atoms with Gasteiger partial charge < -0.3 is 10.8 Å². The molecule has 0 aliphatic carbocycles. The van der Waals surface area contributed by atoms with E-state index >= 15 is 0 Å². The molecule has 0 aliphatic heterocycles. The molecule has 0 saturated heterocycles. The molecule has 1 unspecified atom stereocenters. The molecular formula is C7H14N4OS. The molecule has 1 heterocycles. The molecule has 13 heavy (non-hydrogen) atoms. The van der Waals surface area contributed by atoms with Crippen molar-refractivity contribution in [2.24, 2.45) is 5.73 Å². The van der Waals surface area contributed by atoms with Crippen LogP contribution in [0.1, 0.15) is 13.3 Å². The van der Waals surface area contributed by atoms with Gasteiger partial charge in [0, 0.05) is 11.3 Å². The smallest absolute Gasteiger partial charge is 0.183 e. The lowest BCUT2D eigenvalue weighted by molar-refractivity contribution is 0.206. The molecule has 1 rings (SSSR count). The highest BCUT2D eigenvalue weighted by Crippen LogP contribution is 2.16. The molecule has 1 aromatic heterocycles. The van der Waals surface area contributed by atoms with E-state index in [0.717, 1.165) is 17.3 Å². The Hall–Kier alpha value is -0.590. The number of H-pyrrole nitrogens is 1. The highest BCUT2D eigenvalue weighted by Gasteiger charge is 2.16. The van der Waals surface area contributed by atoms with Crippen LogP contribution in [0.5, 0.6) is 0 Å². The fourth-order valence-corrected chi connectivity index (χ4v) is 1.72. The van der Waals surface area contributed by atoms with Crippen molar-refractivity contribution in [3.63, 3.8) is 0 Å². The molecule has 0 radical (unpaired) electrons. The van der Waals surface area contributed by atoms with Gasteiger partial charge in [0.15, 0.2) is 5.16 Å². The Labute approximate surface area is 81.1 Å². The molecule has 0 bridgehead atoms. The fraction of sp³-hybridized carbons (Fsp3) is 0.714. The van der Waals surface area contributed by atoms with Crippen LogP contribution in [0.3, 0.4) is 0 Å². The summed E-state index contributed by atoms with van der Waals surface area (Å²) in [5, 5.41) is 16.1. The second-order valence-corrected chi connectivity index (χ2v) is 4.28. The van der Waals surface area contributed by atoms with Crippen molar-refractivity contribution < 1.29 is 5.11 Å². The van der Waals surface area contributed by atoms with Gasteiger partial charge in [-0.2, -0.15) is 5.10 Å². The first-order valence-electron chi connectivity index (χ1n) is 4.02. The Morgan fingerprint density at radius 3 is 3.08 bits per heavy atom. The Balaban J connectivity index is 2.21. The molecule has 0 aromatic carbocycles. The van der Waals surface area contributed by atoms with Gasteiger partial charge in [0.1, 0.15) is 6.33 Å². The SMILES string of the molecule is CC(N)(CO)CCSc1ncn[nH]1. The van der Waals surface area contributed by atoms with Gasteiger partial charge >= 0.3 is 0 Å². The Bertz CT molecular complexity index is 237. The molecule has 0 amide bonds. The lowest BCUT2D eigenvalue weighted by atomic mass is 10.0. The summed E-state index contributed by atoms with van der Waals surface area (Å²) >= 11 is 1.55. The molecule has 0 fully saturated rings. The van der Waals surface area contributed by atoms with Crippen molar-refractivity contribution in [1.82, 2.24) is 15.2 Å². The second kappa shape index (κ2) is 4.59. The summed E-state index contributed by atoms with van der Waals surface area (Å²) in [6.07, 6.45) is 2.21. The number of nitrogens with two attached hydrogens (primary N) is 1. The third-order valence-electron chi connectivity index (χ3n) is 1.67. The Morgan fingerprint density at radius 2 is 2.54 bits per heavy atom. The minimum atomic E-state index is -0.493. The van der Waals surface area contributed by atoms with E-state index < -0.39 is 5.54 Å². The summed E-state index contributed by atoms with van der Waals surface area (Å²) in [4.78, 5) is 3.95. The Morgan fingerprint density at radius 1 is 1.77 bits per heavy atom. The zero-order chi connectivity index (χ0) is 9.73. The van der Waals surface area contributed by atoms with Gasteiger partial charge in [0.25, 0.3) is 0 Å². The average molecular weight is 202 g/mol. The molecule has 0 spiro atoms. The summed E-state index contributed by atoms with van der Waals surface area (Å²) in [7, 11) is 0. The van der Waals surface area contributed by atoms with Crippen molar-refractivity contribution in [2.75, 3.05) is 12.4 Å². The normalized spacial score (nSPS) is 15.6. The zero-order valence-electron chi connectivity index (χ0n) is 7.53. The maximum Gasteiger partial charge on any atom is 0.183 e. The molecule has 0 aliphatic rings. The summed E-state index contributed by atoms with van der Waals surface area (Å²) in [5.74, 6) is 0.822. The van der Waals surface area contributed by atoms with Crippen LogP contribution in [0, 0.1) is 0 Å². The van der Waals surface area contributed by atoms with Gasteiger partial charge in [-0.1, -0.05) is 11.8 Å². The lowest BCUT2D eigenvalue weighted by Crippen LogP contribution is -2.40. The van der Waals surface area contributed by atoms with Crippen molar-refractivity contribution in [3.8, 4) is 0 Å². The van der Waals surface area contributed by atoms with Crippen LogP contribution in [0.15, 0.2) is 11.5 Å². The third kappa shape index (κ3) is 3.75. The number of nitrogens with one attached hydrogen (secondary N) is 1. The highest BCUT2D eigenvalue weighted by atomic mass is 32.2. The van der Waals surface area contributed by atoms with E-state index in [0.29, 0.717) is 0 Å². The minimum Gasteiger partial charge on any atom is -0.394 e. The highest BCUT2D eigenvalue weighted by molar-refractivity contribution is 7.99. The number of aromatic amines is 1. The molecule has 1 aromatic rings. The number of aliphatic hydroxyl groups is 1. The van der Waals surface area contributed by atoms with Gasteiger partial charge in [-0.05, 0) is 13.3 Å². The second-order valence-electron chi connectivity index (χ2n) is 3.20. The van der Waals surface area contributed by atoms with E-state index in [1.54, 1.807) is 11.8 Å². The first-order valence-corrected chi connectivity index (χ1v) is 5.00. The first kappa shape index (κ1) is 10.5. The van der Waals surface area contributed by atoms with Crippen LogP contribution >= 0.6 is 11.8 Å². The molecular weight excluding hydrogens is 188 g/mol. The number of aliphatic hydroxyl groups excluding tert-OH is 1. The van der Waals surface area contributed by atoms with Crippen LogP contribution in [0.25, 0.3) is 0 Å². The van der Waals surface area contributed by atoms with Crippen molar-refractivity contribution in [3.05, 3.63) is 6.33 Å². The molecule has 74 valence electrons. The van der Waals surface area contributed by atoms with Gasteiger partial charge in [0.2, 0.25) is 0 Å². The molecule has 0 saturated carbocycles. The van der Waals surface area contributed by atoms with Gasteiger partial charge in [-0.25, -0.2) is 4.98 Å². The number of nitrogens with zero attached hydrogens (tertiary/aromatic N) is 2. The topological polar surface area (TPSA) is 87.8 Å². The fourth-order valence-electron chi connectivity index (χ4n) is 0.724. The van der Waals surface area contributed by atoms with Crippen molar-refractivity contribution >= 4 is 11.8 Å². The van der Waals surface area contributed by atoms with E-state index in [1.165, 1.54) is 6.33 Å². The van der Waals surface area contributed by atoms with E-state index in [1.807, 2.05) is 6.92 Å². The minimum absolute atomic E-state index is 0.00393. The van der Waals surface area contributed by atoms with Crippen LogP contribution in [-0.2, 0) is 0 Å². The predicted octanol–water partition coefficient (Wildman–Crippen LogP) is -0.00340.